The molecule has 1 aromatic rings. The first-order chi connectivity index (χ1) is 10.7. The van der Waals surface area contributed by atoms with Gasteiger partial charge in [-0.25, -0.2) is 0 Å². The first-order valence-corrected chi connectivity index (χ1v) is 7.63. The fourth-order valence-corrected chi connectivity index (χ4v) is 2.83. The molecular weight excluding hydrogens is 282 g/mol. The van der Waals surface area contributed by atoms with Crippen molar-refractivity contribution in [3.8, 4) is 0 Å². The van der Waals surface area contributed by atoms with Gasteiger partial charge in [-0.2, -0.15) is 0 Å². The minimum absolute atomic E-state index is 0.0256. The molecule has 1 aliphatic rings. The molecule has 0 spiro atoms. The van der Waals surface area contributed by atoms with Crippen molar-refractivity contribution in [3.63, 3.8) is 0 Å². The molecule has 0 saturated heterocycles. The highest BCUT2D eigenvalue weighted by Crippen LogP contribution is 2.39. The maximum Gasteiger partial charge on any atom is 0.283 e. The van der Waals surface area contributed by atoms with E-state index in [2.05, 4.69) is 0 Å². The van der Waals surface area contributed by atoms with Crippen LogP contribution in [-0.4, -0.2) is 30.5 Å². The fourth-order valence-electron chi connectivity index (χ4n) is 2.83. The summed E-state index contributed by atoms with van der Waals surface area (Å²) in [6.07, 6.45) is 2.63. The molecule has 0 unspecified atom stereocenters. The molecule has 3 N–H and O–H groups in total. The van der Waals surface area contributed by atoms with E-state index in [1.807, 2.05) is 37.3 Å². The Balaban J connectivity index is 2.36. The number of carbonyl (C=O) groups excluding carboxylic acids is 1. The van der Waals surface area contributed by atoms with Crippen molar-refractivity contribution in [2.45, 2.75) is 32.0 Å². The molecule has 0 fully saturated rings. The van der Waals surface area contributed by atoms with Crippen molar-refractivity contribution in [3.05, 3.63) is 47.7 Å². The highest BCUT2D eigenvalue weighted by Gasteiger charge is 2.37. The van der Waals surface area contributed by atoms with Gasteiger partial charge in [0.2, 0.25) is 6.29 Å². The third-order valence-corrected chi connectivity index (χ3v) is 3.84. The predicted molar refractivity (Wildman–Crippen MR) is 82.8 cm³/mol. The summed E-state index contributed by atoms with van der Waals surface area (Å²) in [5.74, 6) is -0.447. The number of aliphatic hydroxyl groups is 1. The van der Waals surface area contributed by atoms with Gasteiger partial charge < -0.3 is 20.3 Å². The molecule has 5 nitrogen and oxygen atoms in total. The lowest BCUT2D eigenvalue weighted by atomic mass is 9.80. The molecule has 5 heteroatoms. The quantitative estimate of drug-likeness (QED) is 0.806. The van der Waals surface area contributed by atoms with Crippen LogP contribution in [0.15, 0.2) is 42.2 Å². The van der Waals surface area contributed by atoms with E-state index in [0.29, 0.717) is 13.0 Å². The monoisotopic (exact) mass is 305 g/mol. The molecule has 22 heavy (non-hydrogen) atoms. The van der Waals surface area contributed by atoms with E-state index < -0.39 is 12.2 Å². The number of aliphatic hydroxyl groups excluding tert-OH is 1. The number of allylic oxidation sites excluding steroid dienone is 1. The van der Waals surface area contributed by atoms with E-state index in [0.717, 1.165) is 12.0 Å². The Morgan fingerprint density at radius 3 is 2.68 bits per heavy atom. The predicted octanol–water partition coefficient (Wildman–Crippen LogP) is 1.92. The van der Waals surface area contributed by atoms with Crippen LogP contribution < -0.4 is 5.73 Å². The van der Waals surface area contributed by atoms with Crippen molar-refractivity contribution in [1.29, 1.82) is 0 Å². The maximum atomic E-state index is 11.5. The van der Waals surface area contributed by atoms with Gasteiger partial charge >= 0.3 is 0 Å². The number of ether oxygens (including phenoxy) is 2. The van der Waals surface area contributed by atoms with Gasteiger partial charge in [-0.05, 0) is 31.4 Å². The summed E-state index contributed by atoms with van der Waals surface area (Å²) in [7, 11) is 0. The van der Waals surface area contributed by atoms with Gasteiger partial charge in [0.25, 0.3) is 5.91 Å². The summed E-state index contributed by atoms with van der Waals surface area (Å²) in [5.41, 5.74) is 6.46. The van der Waals surface area contributed by atoms with E-state index in [9.17, 15) is 4.79 Å². The van der Waals surface area contributed by atoms with Crippen molar-refractivity contribution >= 4 is 5.91 Å². The largest absolute Gasteiger partial charge is 0.459 e. The van der Waals surface area contributed by atoms with Gasteiger partial charge in [0.15, 0.2) is 5.76 Å². The Labute approximate surface area is 130 Å². The average Bonchev–Trinajstić information content (AvgIpc) is 2.54. The molecule has 120 valence electrons. The minimum atomic E-state index is -0.591. The summed E-state index contributed by atoms with van der Waals surface area (Å²) in [6, 6.07) is 9.90. The highest BCUT2D eigenvalue weighted by molar-refractivity contribution is 5.90. The first kappa shape index (κ1) is 16.5. The Bertz CT molecular complexity index is 515. The van der Waals surface area contributed by atoms with Gasteiger partial charge in [-0.1, -0.05) is 30.3 Å². The minimum Gasteiger partial charge on any atom is -0.459 e. The van der Waals surface area contributed by atoms with Gasteiger partial charge in [0.05, 0.1) is 0 Å². The van der Waals surface area contributed by atoms with E-state index in [-0.39, 0.29) is 24.2 Å². The number of rotatable bonds is 7. The summed E-state index contributed by atoms with van der Waals surface area (Å²) in [5, 5.41) is 9.14. The molecule has 1 amide bonds. The van der Waals surface area contributed by atoms with Crippen LogP contribution in [0.5, 0.6) is 0 Å². The first-order valence-electron chi connectivity index (χ1n) is 7.63. The van der Waals surface area contributed by atoms with Crippen molar-refractivity contribution in [2.75, 3.05) is 13.2 Å². The topological polar surface area (TPSA) is 81.8 Å². The lowest BCUT2D eigenvalue weighted by Crippen LogP contribution is -2.37. The van der Waals surface area contributed by atoms with Crippen molar-refractivity contribution in [1.82, 2.24) is 0 Å². The Hall–Kier alpha value is -1.85. The normalized spacial score (nSPS) is 24.5. The number of carbonyl (C=O) groups is 1. The van der Waals surface area contributed by atoms with E-state index in [1.165, 1.54) is 0 Å². The number of primary amides is 1. The third kappa shape index (κ3) is 3.87. The van der Waals surface area contributed by atoms with E-state index in [4.69, 9.17) is 20.3 Å². The Kier molecular flexibility index (Phi) is 5.98. The third-order valence-electron chi connectivity index (χ3n) is 3.84. The maximum absolute atomic E-state index is 11.5. The molecule has 0 saturated carbocycles. The average molecular weight is 305 g/mol. The van der Waals surface area contributed by atoms with Gasteiger partial charge in [0.1, 0.15) is 0 Å². The highest BCUT2D eigenvalue weighted by atomic mass is 16.7. The summed E-state index contributed by atoms with van der Waals surface area (Å²) in [6.45, 7) is 2.48. The van der Waals surface area contributed by atoms with Crippen LogP contribution in [0.3, 0.4) is 0 Å². The van der Waals surface area contributed by atoms with E-state index in [1.54, 1.807) is 6.08 Å². The van der Waals surface area contributed by atoms with Crippen LogP contribution in [0.2, 0.25) is 0 Å². The summed E-state index contributed by atoms with van der Waals surface area (Å²) in [4.78, 5) is 11.5. The lowest BCUT2D eigenvalue weighted by Gasteiger charge is -2.36. The zero-order valence-electron chi connectivity index (χ0n) is 12.8. The zero-order chi connectivity index (χ0) is 15.9. The second-order valence-electron chi connectivity index (χ2n) is 5.30. The van der Waals surface area contributed by atoms with Crippen LogP contribution in [-0.2, 0) is 14.3 Å². The van der Waals surface area contributed by atoms with E-state index >= 15 is 0 Å². The van der Waals surface area contributed by atoms with Crippen LogP contribution in [0, 0.1) is 5.92 Å². The van der Waals surface area contributed by atoms with Crippen LogP contribution in [0.4, 0.5) is 0 Å². The Morgan fingerprint density at radius 2 is 2.09 bits per heavy atom. The van der Waals surface area contributed by atoms with Crippen LogP contribution in [0.1, 0.15) is 31.2 Å². The second-order valence-corrected chi connectivity index (χ2v) is 5.30. The number of hydrogen-bond acceptors (Lipinski definition) is 4. The molecule has 2 rings (SSSR count). The molecule has 1 aliphatic heterocycles. The molecular formula is C17H23NO4. The molecule has 0 aromatic heterocycles. The number of nitrogens with two attached hydrogens (primary N) is 1. The SMILES string of the molecule is CCO[C@@H]1OC(C(N)=O)=C[C@H](c2ccccc2)[C@H]1CCCO. The van der Waals surface area contributed by atoms with Crippen LogP contribution >= 0.6 is 0 Å². The van der Waals surface area contributed by atoms with Crippen molar-refractivity contribution < 1.29 is 19.4 Å². The second kappa shape index (κ2) is 7.96. The molecule has 3 atom stereocenters. The molecule has 1 aromatic carbocycles. The molecule has 1 heterocycles. The molecule has 0 radical (unpaired) electrons. The Morgan fingerprint density at radius 1 is 1.36 bits per heavy atom. The fraction of sp³-hybridized carbons (Fsp3) is 0.471. The van der Waals surface area contributed by atoms with Crippen LogP contribution in [0.25, 0.3) is 0 Å². The number of hydrogen-bond donors (Lipinski definition) is 2. The molecule has 0 bridgehead atoms. The van der Waals surface area contributed by atoms with Crippen molar-refractivity contribution in [2.24, 2.45) is 11.7 Å². The van der Waals surface area contributed by atoms with Gasteiger partial charge in [0, 0.05) is 25.0 Å². The number of benzene rings is 1. The summed E-state index contributed by atoms with van der Waals surface area (Å²) < 4.78 is 11.3. The summed E-state index contributed by atoms with van der Waals surface area (Å²) >= 11 is 0. The number of amides is 1. The zero-order valence-corrected chi connectivity index (χ0v) is 12.8. The van der Waals surface area contributed by atoms with Gasteiger partial charge in [-0.15, -0.1) is 0 Å². The molecule has 0 aliphatic carbocycles. The van der Waals surface area contributed by atoms with Gasteiger partial charge in [-0.3, -0.25) is 4.79 Å². The standard InChI is InChI=1S/C17H23NO4/c1-2-21-17-13(9-6-10-19)14(11-15(22-17)16(18)20)12-7-4-3-5-8-12/h3-5,7-8,11,13-14,17,19H,2,6,9-10H2,1H3,(H2,18,20)/t13-,14-,17-/m1/s1. The smallest absolute Gasteiger partial charge is 0.283 e. The lowest BCUT2D eigenvalue weighted by molar-refractivity contribution is -0.165.